The van der Waals surface area contributed by atoms with Gasteiger partial charge in [-0.1, -0.05) is 36.9 Å². The van der Waals surface area contributed by atoms with Crippen molar-refractivity contribution < 1.29 is 9.59 Å². The topological polar surface area (TPSA) is 75.2 Å². The SMILES string of the molecule is CC[C@H](C)Sc1nnc(NC(=O)[C@@H]2CC(=O)N(C(C)(C)C)C2)s1. The van der Waals surface area contributed by atoms with Gasteiger partial charge in [-0.3, -0.25) is 9.59 Å². The highest BCUT2D eigenvalue weighted by Crippen LogP contribution is 2.31. The number of thioether (sulfide) groups is 1. The Morgan fingerprint density at radius 1 is 1.48 bits per heavy atom. The van der Waals surface area contributed by atoms with Crippen molar-refractivity contribution in [1.82, 2.24) is 15.1 Å². The van der Waals surface area contributed by atoms with Crippen LogP contribution in [-0.2, 0) is 9.59 Å². The lowest BCUT2D eigenvalue weighted by Crippen LogP contribution is -2.42. The van der Waals surface area contributed by atoms with E-state index in [-0.39, 0.29) is 29.7 Å². The summed E-state index contributed by atoms with van der Waals surface area (Å²) in [5.74, 6) is -0.444. The molecular formula is C15H24N4O2S2. The lowest BCUT2D eigenvalue weighted by atomic mass is 10.1. The van der Waals surface area contributed by atoms with Crippen LogP contribution in [0.5, 0.6) is 0 Å². The van der Waals surface area contributed by atoms with E-state index >= 15 is 0 Å². The molecule has 1 N–H and O–H groups in total. The Morgan fingerprint density at radius 2 is 2.17 bits per heavy atom. The number of aromatic nitrogens is 2. The van der Waals surface area contributed by atoms with Crippen molar-refractivity contribution in [3.8, 4) is 0 Å². The zero-order valence-electron chi connectivity index (χ0n) is 14.3. The molecule has 1 saturated heterocycles. The van der Waals surface area contributed by atoms with Gasteiger partial charge in [0.15, 0.2) is 4.34 Å². The van der Waals surface area contributed by atoms with Crippen LogP contribution >= 0.6 is 23.1 Å². The van der Waals surface area contributed by atoms with Gasteiger partial charge in [-0.2, -0.15) is 0 Å². The summed E-state index contributed by atoms with van der Waals surface area (Å²) in [4.78, 5) is 26.2. The van der Waals surface area contributed by atoms with Gasteiger partial charge >= 0.3 is 0 Å². The quantitative estimate of drug-likeness (QED) is 0.648. The number of carbonyl (C=O) groups excluding carboxylic acids is 2. The lowest BCUT2D eigenvalue weighted by molar-refractivity contribution is -0.131. The van der Waals surface area contributed by atoms with Gasteiger partial charge in [0, 0.05) is 23.8 Å². The molecule has 0 saturated carbocycles. The van der Waals surface area contributed by atoms with E-state index in [1.807, 2.05) is 20.8 Å². The van der Waals surface area contributed by atoms with E-state index in [1.54, 1.807) is 16.7 Å². The molecule has 2 heterocycles. The fourth-order valence-electron chi connectivity index (χ4n) is 2.30. The normalized spacial score (nSPS) is 20.0. The Hall–Kier alpha value is -1.15. The Bertz CT molecular complexity index is 582. The first kappa shape index (κ1) is 18.2. The smallest absolute Gasteiger partial charge is 0.231 e. The summed E-state index contributed by atoms with van der Waals surface area (Å²) in [7, 11) is 0. The lowest BCUT2D eigenvalue weighted by Gasteiger charge is -2.31. The van der Waals surface area contributed by atoms with Gasteiger partial charge < -0.3 is 10.2 Å². The summed E-state index contributed by atoms with van der Waals surface area (Å²) in [6.45, 7) is 10.7. The summed E-state index contributed by atoms with van der Waals surface area (Å²) >= 11 is 3.04. The zero-order chi connectivity index (χ0) is 17.2. The molecule has 0 spiro atoms. The molecule has 0 aliphatic carbocycles. The molecule has 1 aromatic heterocycles. The van der Waals surface area contributed by atoms with E-state index in [2.05, 4.69) is 29.4 Å². The highest BCUT2D eigenvalue weighted by Gasteiger charge is 2.39. The third kappa shape index (κ3) is 4.67. The maximum atomic E-state index is 12.4. The number of amides is 2. The van der Waals surface area contributed by atoms with E-state index in [9.17, 15) is 9.59 Å². The Kier molecular flexibility index (Phi) is 5.67. The van der Waals surface area contributed by atoms with Crippen molar-refractivity contribution in [2.45, 2.75) is 62.6 Å². The van der Waals surface area contributed by atoms with Crippen molar-refractivity contribution in [1.29, 1.82) is 0 Å². The Balaban J connectivity index is 1.94. The van der Waals surface area contributed by atoms with Gasteiger partial charge in [0.05, 0.1) is 5.92 Å². The molecule has 0 bridgehead atoms. The fourth-order valence-corrected chi connectivity index (χ4v) is 4.30. The number of likely N-dealkylation sites (tertiary alicyclic amines) is 1. The standard InChI is InChI=1S/C15H24N4O2S2/c1-6-9(2)22-14-18-17-13(23-14)16-12(21)10-7-11(20)19(8-10)15(3,4)5/h9-10H,6-8H2,1-5H3,(H,16,17,21)/t9-,10+/m0/s1. The third-order valence-electron chi connectivity index (χ3n) is 3.82. The summed E-state index contributed by atoms with van der Waals surface area (Å²) in [5, 5.41) is 11.9. The van der Waals surface area contributed by atoms with Crippen molar-refractivity contribution in [3.05, 3.63) is 0 Å². The predicted molar refractivity (Wildman–Crippen MR) is 93.7 cm³/mol. The number of rotatable bonds is 5. The van der Waals surface area contributed by atoms with E-state index in [0.29, 0.717) is 16.9 Å². The Labute approximate surface area is 145 Å². The van der Waals surface area contributed by atoms with Crippen LogP contribution in [0.4, 0.5) is 5.13 Å². The second kappa shape index (κ2) is 7.17. The highest BCUT2D eigenvalue weighted by molar-refractivity contribution is 8.01. The van der Waals surface area contributed by atoms with Gasteiger partial charge in [-0.05, 0) is 27.2 Å². The maximum absolute atomic E-state index is 12.4. The van der Waals surface area contributed by atoms with E-state index in [4.69, 9.17) is 0 Å². The molecule has 8 heteroatoms. The molecular weight excluding hydrogens is 332 g/mol. The van der Waals surface area contributed by atoms with E-state index < -0.39 is 0 Å². The molecule has 6 nitrogen and oxygen atoms in total. The van der Waals surface area contributed by atoms with Gasteiger partial charge in [0.1, 0.15) is 0 Å². The first-order chi connectivity index (χ1) is 10.7. The van der Waals surface area contributed by atoms with Crippen LogP contribution in [0.3, 0.4) is 0 Å². The predicted octanol–water partition coefficient (Wildman–Crippen LogP) is 3.01. The molecule has 2 rings (SSSR count). The van der Waals surface area contributed by atoms with Gasteiger partial charge in [0.2, 0.25) is 16.9 Å². The van der Waals surface area contributed by atoms with Crippen LogP contribution in [-0.4, -0.2) is 44.2 Å². The summed E-state index contributed by atoms with van der Waals surface area (Å²) in [5.41, 5.74) is -0.255. The number of anilines is 1. The molecule has 0 aromatic carbocycles. The average molecular weight is 357 g/mol. The second-order valence-electron chi connectivity index (χ2n) is 6.78. The molecule has 2 amide bonds. The average Bonchev–Trinajstić information content (AvgIpc) is 3.04. The fraction of sp³-hybridized carbons (Fsp3) is 0.733. The van der Waals surface area contributed by atoms with Crippen LogP contribution < -0.4 is 5.32 Å². The first-order valence-corrected chi connectivity index (χ1v) is 9.51. The van der Waals surface area contributed by atoms with Crippen LogP contribution in [0.25, 0.3) is 0 Å². The molecule has 1 aliphatic rings. The molecule has 1 fully saturated rings. The third-order valence-corrected chi connectivity index (χ3v) is 6.01. The van der Waals surface area contributed by atoms with Gasteiger partial charge in [-0.25, -0.2) is 0 Å². The number of hydrogen-bond donors (Lipinski definition) is 1. The van der Waals surface area contributed by atoms with E-state index in [0.717, 1.165) is 10.8 Å². The zero-order valence-corrected chi connectivity index (χ0v) is 15.9. The first-order valence-electron chi connectivity index (χ1n) is 7.82. The minimum absolute atomic E-state index is 0.0305. The van der Waals surface area contributed by atoms with Crippen molar-refractivity contribution in [2.75, 3.05) is 11.9 Å². The monoisotopic (exact) mass is 356 g/mol. The van der Waals surface area contributed by atoms with Crippen LogP contribution in [0.2, 0.25) is 0 Å². The second-order valence-corrected chi connectivity index (χ2v) is 9.44. The summed E-state index contributed by atoms with van der Waals surface area (Å²) in [6.07, 6.45) is 1.31. The van der Waals surface area contributed by atoms with Crippen LogP contribution in [0, 0.1) is 5.92 Å². The van der Waals surface area contributed by atoms with Crippen molar-refractivity contribution in [3.63, 3.8) is 0 Å². The van der Waals surface area contributed by atoms with E-state index in [1.165, 1.54) is 11.3 Å². The number of carbonyl (C=O) groups is 2. The molecule has 1 aromatic rings. The van der Waals surface area contributed by atoms with Crippen molar-refractivity contribution in [2.24, 2.45) is 5.92 Å². The minimum Gasteiger partial charge on any atom is -0.337 e. The minimum atomic E-state index is -0.323. The van der Waals surface area contributed by atoms with Gasteiger partial charge in [0.25, 0.3) is 0 Å². The molecule has 2 atom stereocenters. The molecule has 23 heavy (non-hydrogen) atoms. The van der Waals surface area contributed by atoms with Gasteiger partial charge in [-0.15, -0.1) is 10.2 Å². The van der Waals surface area contributed by atoms with Crippen LogP contribution in [0.1, 0.15) is 47.5 Å². The van der Waals surface area contributed by atoms with Crippen molar-refractivity contribution >= 4 is 40.0 Å². The number of hydrogen-bond acceptors (Lipinski definition) is 6. The molecule has 0 radical (unpaired) electrons. The molecule has 0 unspecified atom stereocenters. The molecule has 128 valence electrons. The Morgan fingerprint density at radius 3 is 2.74 bits per heavy atom. The highest BCUT2D eigenvalue weighted by atomic mass is 32.2. The number of nitrogens with one attached hydrogen (secondary N) is 1. The molecule has 1 aliphatic heterocycles. The maximum Gasteiger partial charge on any atom is 0.231 e. The summed E-state index contributed by atoms with van der Waals surface area (Å²) in [6, 6.07) is 0. The summed E-state index contributed by atoms with van der Waals surface area (Å²) < 4.78 is 0.855. The number of nitrogens with zero attached hydrogens (tertiary/aromatic N) is 3. The van der Waals surface area contributed by atoms with Crippen LogP contribution in [0.15, 0.2) is 4.34 Å². The largest absolute Gasteiger partial charge is 0.337 e.